The predicted molar refractivity (Wildman–Crippen MR) is 209 cm³/mol. The number of likely N-dealkylation sites (N-methyl/N-ethyl adjacent to an activating group) is 1. The first-order valence-electron chi connectivity index (χ1n) is 20.7. The molecule has 9 unspecified atom stereocenters. The minimum absolute atomic E-state index is 0.131. The van der Waals surface area contributed by atoms with Gasteiger partial charge in [-0.25, -0.2) is 0 Å². The predicted octanol–water partition coefficient (Wildman–Crippen LogP) is 2.61. The number of aldehydes is 1. The summed E-state index contributed by atoms with van der Waals surface area (Å²) in [5, 5.41) is 53.8. The number of esters is 1. The molecule has 18 atom stereocenters. The summed E-state index contributed by atoms with van der Waals surface area (Å²) >= 11 is 0. The van der Waals surface area contributed by atoms with Gasteiger partial charge in [0.05, 0.1) is 35.9 Å². The quantitative estimate of drug-likeness (QED) is 0.102. The van der Waals surface area contributed by atoms with Crippen LogP contribution in [0.3, 0.4) is 0 Å². The summed E-state index contributed by atoms with van der Waals surface area (Å²) in [5.74, 6) is -2.72. The highest BCUT2D eigenvalue weighted by Crippen LogP contribution is 2.43. The van der Waals surface area contributed by atoms with Crippen LogP contribution in [0.25, 0.3) is 0 Å². The Labute approximate surface area is 330 Å². The number of ether oxygens (including phenoxy) is 5. The van der Waals surface area contributed by atoms with Gasteiger partial charge in [0, 0.05) is 42.3 Å². The van der Waals surface area contributed by atoms with E-state index in [-0.39, 0.29) is 49.3 Å². The van der Waals surface area contributed by atoms with E-state index >= 15 is 0 Å². The summed E-state index contributed by atoms with van der Waals surface area (Å²) in [7, 11) is 3.78. The number of rotatable bonds is 11. The van der Waals surface area contributed by atoms with Crippen LogP contribution in [-0.4, -0.2) is 150 Å². The Morgan fingerprint density at radius 1 is 1.00 bits per heavy atom. The van der Waals surface area contributed by atoms with E-state index < -0.39 is 83.6 Å². The molecule has 3 fully saturated rings. The average Bonchev–Trinajstić information content (AvgIpc) is 3.11. The molecule has 0 aromatic carbocycles. The molecule has 0 aliphatic carbocycles. The van der Waals surface area contributed by atoms with Crippen molar-refractivity contribution >= 4 is 12.3 Å². The summed E-state index contributed by atoms with van der Waals surface area (Å²) in [6, 6.07) is -0.863. The Bertz CT molecular complexity index is 1210. The van der Waals surface area contributed by atoms with E-state index in [0.717, 1.165) is 19.3 Å². The molecule has 3 rings (SSSR count). The largest absolute Gasteiger partial charge is 0.459 e. The molecule has 55 heavy (non-hydrogen) atoms. The fraction of sp³-hybridized carbons (Fsp3) is 0.951. The van der Waals surface area contributed by atoms with E-state index in [1.807, 2.05) is 53.6 Å². The number of nitrogens with one attached hydrogen (secondary N) is 2. The van der Waals surface area contributed by atoms with Gasteiger partial charge >= 0.3 is 5.97 Å². The topological polar surface area (TPSA) is 189 Å². The third-order valence-electron chi connectivity index (χ3n) is 12.7. The van der Waals surface area contributed by atoms with Gasteiger partial charge in [-0.3, -0.25) is 4.79 Å². The molecule has 322 valence electrons. The molecule has 3 aliphatic heterocycles. The fourth-order valence-electron chi connectivity index (χ4n) is 9.25. The van der Waals surface area contributed by atoms with Crippen molar-refractivity contribution in [2.24, 2.45) is 29.1 Å². The van der Waals surface area contributed by atoms with Crippen LogP contribution in [0.5, 0.6) is 0 Å². The number of hydrogen-bond acceptors (Lipinski definition) is 14. The smallest absolute Gasteiger partial charge is 0.311 e. The molecule has 3 aliphatic rings. The van der Waals surface area contributed by atoms with Crippen LogP contribution in [0.15, 0.2) is 0 Å². The first kappa shape index (κ1) is 48.1. The molecule has 0 bridgehead atoms. The SMILES string of the molecule is CCCNCC1C(C)O[C@@H](OC2C(C)C(=O)OC(CC)[C@@](C)(O)[C@H](O)[C@@H](C)NC[C@H](C)C[C@](C)(O)[C@H](OC3OC(C)CC(N(C)C)[C@H]3O)C2C)C[C@@]1(C)C=O. The highest BCUT2D eigenvalue weighted by atomic mass is 16.7. The van der Waals surface area contributed by atoms with E-state index in [1.54, 1.807) is 27.7 Å². The van der Waals surface area contributed by atoms with Crippen LogP contribution in [0.2, 0.25) is 0 Å². The van der Waals surface area contributed by atoms with Gasteiger partial charge in [0.1, 0.15) is 30.2 Å². The maximum absolute atomic E-state index is 14.3. The fourth-order valence-corrected chi connectivity index (χ4v) is 9.25. The van der Waals surface area contributed by atoms with Crippen molar-refractivity contribution in [2.75, 3.05) is 33.7 Å². The molecule has 0 radical (unpaired) electrons. The third-order valence-corrected chi connectivity index (χ3v) is 12.7. The molecular weight excluding hydrogens is 710 g/mol. The first-order valence-corrected chi connectivity index (χ1v) is 20.7. The van der Waals surface area contributed by atoms with Crippen molar-refractivity contribution in [1.82, 2.24) is 15.5 Å². The third kappa shape index (κ3) is 11.7. The van der Waals surface area contributed by atoms with E-state index in [4.69, 9.17) is 23.7 Å². The van der Waals surface area contributed by atoms with Gasteiger partial charge in [0.2, 0.25) is 0 Å². The van der Waals surface area contributed by atoms with E-state index in [1.165, 1.54) is 6.92 Å². The number of cyclic esters (lactones) is 1. The Balaban J connectivity index is 2.14. The zero-order chi connectivity index (χ0) is 41.6. The molecule has 6 N–H and O–H groups in total. The highest BCUT2D eigenvalue weighted by molar-refractivity contribution is 5.73. The Morgan fingerprint density at radius 3 is 2.24 bits per heavy atom. The summed E-state index contributed by atoms with van der Waals surface area (Å²) in [5.41, 5.74) is -4.17. The lowest BCUT2D eigenvalue weighted by Crippen LogP contribution is -2.60. The molecule has 0 spiro atoms. The molecule has 3 saturated heterocycles. The van der Waals surface area contributed by atoms with Gasteiger partial charge in [-0.2, -0.15) is 0 Å². The molecule has 0 saturated carbocycles. The number of carbonyl (C=O) groups is 2. The second-order valence-corrected chi connectivity index (χ2v) is 18.2. The van der Waals surface area contributed by atoms with Crippen molar-refractivity contribution in [1.29, 1.82) is 0 Å². The molecule has 14 heteroatoms. The Kier molecular flexibility index (Phi) is 17.6. The summed E-state index contributed by atoms with van der Waals surface area (Å²) in [4.78, 5) is 29.0. The van der Waals surface area contributed by atoms with Crippen molar-refractivity contribution in [3.8, 4) is 0 Å². The molecule has 0 amide bonds. The van der Waals surface area contributed by atoms with Crippen LogP contribution < -0.4 is 10.6 Å². The van der Waals surface area contributed by atoms with Crippen molar-refractivity contribution < 1.29 is 53.7 Å². The lowest BCUT2D eigenvalue weighted by molar-refractivity contribution is -0.309. The molecule has 3 heterocycles. The van der Waals surface area contributed by atoms with Crippen LogP contribution >= 0.6 is 0 Å². The van der Waals surface area contributed by atoms with Gasteiger partial charge in [-0.15, -0.1) is 0 Å². The van der Waals surface area contributed by atoms with Gasteiger partial charge in [0.25, 0.3) is 0 Å². The summed E-state index contributed by atoms with van der Waals surface area (Å²) < 4.78 is 32.3. The Morgan fingerprint density at radius 2 is 1.65 bits per heavy atom. The van der Waals surface area contributed by atoms with E-state index in [2.05, 4.69) is 17.6 Å². The van der Waals surface area contributed by atoms with E-state index in [0.29, 0.717) is 19.5 Å². The second-order valence-electron chi connectivity index (χ2n) is 18.2. The molecule has 14 nitrogen and oxygen atoms in total. The molecule has 0 aromatic rings. The number of aliphatic hydroxyl groups excluding tert-OH is 2. The number of hydrogen-bond donors (Lipinski definition) is 6. The average molecular weight is 788 g/mol. The minimum Gasteiger partial charge on any atom is -0.459 e. The maximum atomic E-state index is 14.3. The number of carbonyl (C=O) groups excluding carboxylic acids is 2. The Hall–Kier alpha value is -1.30. The van der Waals surface area contributed by atoms with Crippen LogP contribution in [0.1, 0.15) is 108 Å². The van der Waals surface area contributed by atoms with Crippen molar-refractivity contribution in [3.63, 3.8) is 0 Å². The standard InChI is InChI=1S/C41H77N3O11/c1-14-16-42-21-29-28(8)52-32(19-39(29,9)22-45)54-34-25(5)36(55-38-33(46)30(44(12)13)17-24(4)51-38)40(10,49)18-23(3)20-43-27(7)35(47)41(11,50)31(15-2)53-37(48)26(34)6/h22-36,38,42-43,46-47,49-50H,14-21H2,1-13H3/t23-,24?,25?,26?,27-,28?,29?,30?,31?,32+,33-,34?,35-,36-,38?,39+,40+,41-/m1/s1. The van der Waals surface area contributed by atoms with Gasteiger partial charge in [-0.1, -0.05) is 34.6 Å². The summed E-state index contributed by atoms with van der Waals surface area (Å²) in [6.45, 7) is 21.7. The second kappa shape index (κ2) is 20.1. The lowest BCUT2D eigenvalue weighted by Gasteiger charge is -2.49. The van der Waals surface area contributed by atoms with Crippen LogP contribution in [-0.2, 0) is 33.3 Å². The zero-order valence-corrected chi connectivity index (χ0v) is 36.0. The van der Waals surface area contributed by atoms with Gasteiger partial charge in [-0.05, 0) is 100 Å². The number of nitrogens with zero attached hydrogens (tertiary/aromatic N) is 1. The van der Waals surface area contributed by atoms with Crippen molar-refractivity contribution in [3.05, 3.63) is 0 Å². The molecule has 0 aromatic heterocycles. The first-order chi connectivity index (χ1) is 25.5. The van der Waals surface area contributed by atoms with Crippen LogP contribution in [0, 0.1) is 29.1 Å². The zero-order valence-electron chi connectivity index (χ0n) is 36.0. The highest BCUT2D eigenvalue weighted by Gasteiger charge is 2.52. The van der Waals surface area contributed by atoms with Crippen LogP contribution in [0.4, 0.5) is 0 Å². The van der Waals surface area contributed by atoms with E-state index in [9.17, 15) is 30.0 Å². The maximum Gasteiger partial charge on any atom is 0.311 e. The minimum atomic E-state index is -1.80. The summed E-state index contributed by atoms with van der Waals surface area (Å²) in [6.07, 6.45) is -4.95. The van der Waals surface area contributed by atoms with Gasteiger partial charge in [0.15, 0.2) is 12.6 Å². The van der Waals surface area contributed by atoms with Gasteiger partial charge < -0.3 is 64.4 Å². The normalized spacial score (nSPS) is 47.1. The number of aliphatic hydroxyl groups is 4. The lowest BCUT2D eigenvalue weighted by atomic mass is 9.71. The monoisotopic (exact) mass is 788 g/mol. The van der Waals surface area contributed by atoms with Crippen molar-refractivity contribution in [2.45, 2.75) is 187 Å². The molecular formula is C41H77N3O11.